The standard InChI is InChI=1S/C26H28N2O6S/c1-17-14-24(18(2)28(17)21-8-9-21)25(29)16-34-26(30)19-6-5-7-23(15-19)35(31,32)27(3)20-10-12-22(33-4)13-11-20/h5-7,10-15,21H,8-9,16H2,1-4H3. The van der Waals surface area contributed by atoms with Crippen LogP contribution in [0.2, 0.25) is 0 Å². The molecule has 0 aliphatic heterocycles. The molecule has 0 radical (unpaired) electrons. The SMILES string of the molecule is COc1ccc(N(C)S(=O)(=O)c2cccc(C(=O)OCC(=O)c3cc(C)n(C4CC4)c3C)c2)cc1. The van der Waals surface area contributed by atoms with Crippen molar-refractivity contribution in [3.63, 3.8) is 0 Å². The molecule has 0 N–H and O–H groups in total. The van der Waals surface area contributed by atoms with E-state index in [4.69, 9.17) is 9.47 Å². The molecule has 35 heavy (non-hydrogen) atoms. The molecule has 1 fully saturated rings. The number of carbonyl (C=O) groups excluding carboxylic acids is 2. The maximum Gasteiger partial charge on any atom is 0.338 e. The van der Waals surface area contributed by atoms with Crippen LogP contribution in [-0.4, -0.2) is 45.5 Å². The van der Waals surface area contributed by atoms with Crippen molar-refractivity contribution >= 4 is 27.5 Å². The van der Waals surface area contributed by atoms with Gasteiger partial charge in [0.1, 0.15) is 5.75 Å². The highest BCUT2D eigenvalue weighted by Crippen LogP contribution is 2.38. The summed E-state index contributed by atoms with van der Waals surface area (Å²) in [4.78, 5) is 25.3. The van der Waals surface area contributed by atoms with Crippen LogP contribution in [-0.2, 0) is 14.8 Å². The average Bonchev–Trinajstić information content (AvgIpc) is 3.65. The van der Waals surface area contributed by atoms with E-state index in [-0.39, 0.29) is 16.2 Å². The second kappa shape index (κ2) is 9.58. The first-order valence-corrected chi connectivity index (χ1v) is 12.7. The Balaban J connectivity index is 1.46. The summed E-state index contributed by atoms with van der Waals surface area (Å²) in [7, 11) is -0.979. The van der Waals surface area contributed by atoms with Gasteiger partial charge in [-0.25, -0.2) is 13.2 Å². The van der Waals surface area contributed by atoms with E-state index in [1.165, 1.54) is 38.4 Å². The van der Waals surface area contributed by atoms with Crippen molar-refractivity contribution in [2.24, 2.45) is 0 Å². The van der Waals surface area contributed by atoms with Crippen molar-refractivity contribution < 1.29 is 27.5 Å². The molecule has 2 aromatic carbocycles. The van der Waals surface area contributed by atoms with Gasteiger partial charge in [-0.05, 0) is 75.2 Å². The number of ketones is 1. The van der Waals surface area contributed by atoms with Gasteiger partial charge in [0.15, 0.2) is 6.61 Å². The zero-order valence-electron chi connectivity index (χ0n) is 20.1. The first kappa shape index (κ1) is 24.5. The summed E-state index contributed by atoms with van der Waals surface area (Å²) < 4.78 is 39.9. The minimum atomic E-state index is -3.94. The lowest BCUT2D eigenvalue weighted by Gasteiger charge is -2.20. The highest BCUT2D eigenvalue weighted by molar-refractivity contribution is 7.92. The van der Waals surface area contributed by atoms with Gasteiger partial charge < -0.3 is 14.0 Å². The monoisotopic (exact) mass is 496 g/mol. The minimum absolute atomic E-state index is 0.0467. The Hall–Kier alpha value is -3.59. The van der Waals surface area contributed by atoms with E-state index >= 15 is 0 Å². The molecule has 1 aliphatic carbocycles. The molecule has 0 bridgehead atoms. The molecular weight excluding hydrogens is 468 g/mol. The van der Waals surface area contributed by atoms with Crippen molar-refractivity contribution in [1.29, 1.82) is 0 Å². The summed E-state index contributed by atoms with van der Waals surface area (Å²) >= 11 is 0. The van der Waals surface area contributed by atoms with Gasteiger partial charge in [-0.3, -0.25) is 9.10 Å². The highest BCUT2D eigenvalue weighted by Gasteiger charge is 2.29. The number of aromatic nitrogens is 1. The number of Topliss-reactive ketones (excluding diaryl/α,β-unsaturated/α-hetero) is 1. The Morgan fingerprint density at radius 3 is 2.37 bits per heavy atom. The number of aryl methyl sites for hydroxylation is 1. The van der Waals surface area contributed by atoms with Gasteiger partial charge in [-0.2, -0.15) is 0 Å². The zero-order valence-corrected chi connectivity index (χ0v) is 21.0. The summed E-state index contributed by atoms with van der Waals surface area (Å²) in [5.41, 5.74) is 2.91. The lowest BCUT2D eigenvalue weighted by molar-refractivity contribution is 0.0474. The van der Waals surface area contributed by atoms with Gasteiger partial charge in [0.2, 0.25) is 5.78 Å². The van der Waals surface area contributed by atoms with Crippen molar-refractivity contribution in [3.8, 4) is 5.75 Å². The first-order valence-electron chi connectivity index (χ1n) is 11.2. The van der Waals surface area contributed by atoms with E-state index in [1.807, 2.05) is 19.9 Å². The number of sulfonamides is 1. The number of methoxy groups -OCH3 is 1. The summed E-state index contributed by atoms with van der Waals surface area (Å²) in [5, 5.41) is 0. The first-order chi connectivity index (χ1) is 16.6. The van der Waals surface area contributed by atoms with Gasteiger partial charge in [0.05, 0.1) is 23.3 Å². The van der Waals surface area contributed by atoms with Crippen LogP contribution in [0.4, 0.5) is 5.69 Å². The summed E-state index contributed by atoms with van der Waals surface area (Å²) in [6, 6.07) is 14.4. The predicted molar refractivity (Wildman–Crippen MR) is 132 cm³/mol. The van der Waals surface area contributed by atoms with E-state index in [0.29, 0.717) is 23.0 Å². The molecule has 0 saturated heterocycles. The minimum Gasteiger partial charge on any atom is -0.497 e. The Labute approximate surface area is 205 Å². The third kappa shape index (κ3) is 4.95. The molecule has 4 rings (SSSR count). The Morgan fingerprint density at radius 2 is 1.74 bits per heavy atom. The Bertz CT molecular complexity index is 1370. The largest absolute Gasteiger partial charge is 0.497 e. The third-order valence-electron chi connectivity index (χ3n) is 6.20. The van der Waals surface area contributed by atoms with Crippen LogP contribution in [0.25, 0.3) is 0 Å². The lowest BCUT2D eigenvalue weighted by Crippen LogP contribution is -2.26. The second-order valence-corrected chi connectivity index (χ2v) is 10.6. The van der Waals surface area contributed by atoms with Crippen molar-refractivity contribution in [3.05, 3.63) is 77.1 Å². The van der Waals surface area contributed by atoms with Crippen molar-refractivity contribution in [1.82, 2.24) is 4.57 Å². The van der Waals surface area contributed by atoms with Gasteiger partial charge >= 0.3 is 5.97 Å². The fraction of sp³-hybridized carbons (Fsp3) is 0.308. The van der Waals surface area contributed by atoms with Gasteiger partial charge in [0, 0.05) is 30.0 Å². The molecule has 0 atom stereocenters. The van der Waals surface area contributed by atoms with Crippen molar-refractivity contribution in [2.75, 3.05) is 25.1 Å². The van der Waals surface area contributed by atoms with Crippen LogP contribution in [0.3, 0.4) is 0 Å². The van der Waals surface area contributed by atoms with Gasteiger partial charge in [-0.15, -0.1) is 0 Å². The maximum atomic E-state index is 13.1. The van der Waals surface area contributed by atoms with E-state index in [0.717, 1.165) is 28.5 Å². The quantitative estimate of drug-likeness (QED) is 0.324. The van der Waals surface area contributed by atoms with Gasteiger partial charge in [-0.1, -0.05) is 6.07 Å². The third-order valence-corrected chi connectivity index (χ3v) is 7.98. The van der Waals surface area contributed by atoms with Crippen LogP contribution in [0.1, 0.15) is 51.0 Å². The number of anilines is 1. The van der Waals surface area contributed by atoms with Gasteiger partial charge in [0.25, 0.3) is 10.0 Å². The molecule has 0 spiro atoms. The highest BCUT2D eigenvalue weighted by atomic mass is 32.2. The maximum absolute atomic E-state index is 13.1. The molecule has 8 nitrogen and oxygen atoms in total. The topological polar surface area (TPSA) is 94.9 Å². The molecule has 0 unspecified atom stereocenters. The summed E-state index contributed by atoms with van der Waals surface area (Å²) in [5.74, 6) is -0.451. The van der Waals surface area contributed by atoms with Crippen LogP contribution in [0.15, 0.2) is 59.5 Å². The number of nitrogens with zero attached hydrogens (tertiary/aromatic N) is 2. The number of ether oxygens (including phenoxy) is 2. The molecule has 3 aromatic rings. The number of carbonyl (C=O) groups is 2. The molecule has 1 aliphatic rings. The van der Waals surface area contributed by atoms with Crippen LogP contribution >= 0.6 is 0 Å². The Morgan fingerprint density at radius 1 is 1.06 bits per heavy atom. The number of esters is 1. The number of hydrogen-bond donors (Lipinski definition) is 0. The Kier molecular flexibility index (Phi) is 6.71. The van der Waals surface area contributed by atoms with E-state index in [2.05, 4.69) is 4.57 Å². The molecule has 1 saturated carbocycles. The molecule has 9 heteroatoms. The second-order valence-electron chi connectivity index (χ2n) is 8.58. The smallest absolute Gasteiger partial charge is 0.338 e. The predicted octanol–water partition coefficient (Wildman–Crippen LogP) is 4.31. The summed E-state index contributed by atoms with van der Waals surface area (Å²) in [6.07, 6.45) is 2.21. The number of rotatable bonds is 9. The van der Waals surface area contributed by atoms with Crippen LogP contribution in [0, 0.1) is 13.8 Å². The van der Waals surface area contributed by atoms with Crippen molar-refractivity contribution in [2.45, 2.75) is 37.6 Å². The van der Waals surface area contributed by atoms with E-state index in [1.54, 1.807) is 24.3 Å². The molecular formula is C26H28N2O6S. The van der Waals surface area contributed by atoms with E-state index in [9.17, 15) is 18.0 Å². The lowest BCUT2D eigenvalue weighted by atomic mass is 10.1. The van der Waals surface area contributed by atoms with E-state index < -0.39 is 22.6 Å². The fourth-order valence-electron chi connectivity index (χ4n) is 4.12. The number of benzene rings is 2. The van der Waals surface area contributed by atoms with Crippen LogP contribution < -0.4 is 9.04 Å². The molecule has 1 aromatic heterocycles. The van der Waals surface area contributed by atoms with Crippen LogP contribution in [0.5, 0.6) is 5.75 Å². The number of hydrogen-bond acceptors (Lipinski definition) is 6. The average molecular weight is 497 g/mol. The molecule has 184 valence electrons. The zero-order chi connectivity index (χ0) is 25.3. The normalized spacial score (nSPS) is 13.4. The fourth-order valence-corrected chi connectivity index (χ4v) is 5.36. The molecule has 0 amide bonds. The molecule has 1 heterocycles. The summed E-state index contributed by atoms with van der Waals surface area (Å²) in [6.45, 7) is 3.44.